The first-order valence-corrected chi connectivity index (χ1v) is 18.7. The fourth-order valence-corrected chi connectivity index (χ4v) is 7.44. The number of epoxide rings is 1. The van der Waals surface area contributed by atoms with Crippen molar-refractivity contribution < 1.29 is 28.5 Å². The Morgan fingerprint density at radius 2 is 0.907 bits per heavy atom. The van der Waals surface area contributed by atoms with Crippen LogP contribution in [0.25, 0.3) is 0 Å². The first-order chi connectivity index (χ1) is 21.2. The quantitative estimate of drug-likeness (QED) is 0.107. The summed E-state index contributed by atoms with van der Waals surface area (Å²) in [5.41, 5.74) is 0. The van der Waals surface area contributed by atoms with E-state index in [-0.39, 0.29) is 24.4 Å². The molecule has 4 aliphatic rings. The maximum absolute atomic E-state index is 13.2. The van der Waals surface area contributed by atoms with Crippen molar-refractivity contribution in [1.82, 2.24) is 0 Å². The van der Waals surface area contributed by atoms with Crippen LogP contribution in [0.2, 0.25) is 0 Å². The molecule has 1 aliphatic heterocycles. The second kappa shape index (κ2) is 20.2. The zero-order chi connectivity index (χ0) is 30.0. The van der Waals surface area contributed by atoms with Crippen LogP contribution in [-0.2, 0) is 28.5 Å². The molecule has 0 aromatic carbocycles. The first-order valence-electron chi connectivity index (χ1n) is 18.7. The van der Waals surface area contributed by atoms with Crippen LogP contribution in [-0.4, -0.2) is 49.1 Å². The van der Waals surface area contributed by atoms with Crippen LogP contribution in [0, 0.1) is 0 Å². The van der Waals surface area contributed by atoms with E-state index in [1.807, 2.05) is 0 Å². The summed E-state index contributed by atoms with van der Waals surface area (Å²) in [6.07, 6.45) is 32.1. The SMILES string of the molecule is C=CC(=O)OC(OC1CCCCCCCCC1)(OC1CCCCCCCCC1)C(OC1CCCCCCCCC1)C1CO1. The maximum Gasteiger partial charge on any atom is 0.360 e. The van der Waals surface area contributed by atoms with Crippen molar-refractivity contribution in [2.75, 3.05) is 6.61 Å². The molecule has 2 atom stereocenters. The minimum atomic E-state index is -1.63. The molecule has 2 unspecified atom stereocenters. The molecule has 4 rings (SSSR count). The van der Waals surface area contributed by atoms with Gasteiger partial charge in [-0.05, 0) is 38.5 Å². The smallest absolute Gasteiger partial charge is 0.360 e. The largest absolute Gasteiger partial charge is 0.402 e. The van der Waals surface area contributed by atoms with Gasteiger partial charge in [0.25, 0.3) is 0 Å². The van der Waals surface area contributed by atoms with Crippen LogP contribution in [0.5, 0.6) is 0 Å². The molecule has 4 fully saturated rings. The second-order valence-electron chi connectivity index (χ2n) is 13.9. The van der Waals surface area contributed by atoms with E-state index < -0.39 is 18.0 Å². The third-order valence-electron chi connectivity index (χ3n) is 10.1. The van der Waals surface area contributed by atoms with Gasteiger partial charge in [-0.15, -0.1) is 0 Å². The summed E-state index contributed by atoms with van der Waals surface area (Å²) in [6.45, 7) is 4.33. The first kappa shape index (κ1) is 34.9. The molecule has 0 aromatic heterocycles. The van der Waals surface area contributed by atoms with E-state index in [1.165, 1.54) is 102 Å². The van der Waals surface area contributed by atoms with Crippen molar-refractivity contribution in [3.63, 3.8) is 0 Å². The average molecular weight is 605 g/mol. The van der Waals surface area contributed by atoms with Crippen LogP contribution < -0.4 is 0 Å². The molecule has 43 heavy (non-hydrogen) atoms. The molecule has 248 valence electrons. The van der Waals surface area contributed by atoms with Crippen molar-refractivity contribution in [3.8, 4) is 0 Å². The lowest BCUT2D eigenvalue weighted by Gasteiger charge is -2.43. The number of esters is 1. The zero-order valence-electron chi connectivity index (χ0n) is 27.4. The van der Waals surface area contributed by atoms with Crippen molar-refractivity contribution in [1.29, 1.82) is 0 Å². The Balaban J connectivity index is 1.63. The summed E-state index contributed by atoms with van der Waals surface area (Å²) in [5.74, 6) is -2.15. The van der Waals surface area contributed by atoms with E-state index >= 15 is 0 Å². The van der Waals surface area contributed by atoms with Crippen molar-refractivity contribution in [3.05, 3.63) is 12.7 Å². The topological polar surface area (TPSA) is 66.5 Å². The highest BCUT2D eigenvalue weighted by atomic mass is 16.9. The van der Waals surface area contributed by atoms with Gasteiger partial charge in [0.2, 0.25) is 0 Å². The van der Waals surface area contributed by atoms with E-state index in [9.17, 15) is 4.79 Å². The van der Waals surface area contributed by atoms with Gasteiger partial charge in [0.05, 0.1) is 24.9 Å². The molecule has 3 saturated carbocycles. The number of carbonyl (C=O) groups excluding carboxylic acids is 1. The van der Waals surface area contributed by atoms with Crippen molar-refractivity contribution >= 4 is 5.97 Å². The fourth-order valence-electron chi connectivity index (χ4n) is 7.44. The molecule has 1 saturated heterocycles. The molecule has 6 nitrogen and oxygen atoms in total. The van der Waals surface area contributed by atoms with Gasteiger partial charge in [0.15, 0.2) is 6.10 Å². The lowest BCUT2D eigenvalue weighted by molar-refractivity contribution is -0.429. The molecule has 3 aliphatic carbocycles. The zero-order valence-corrected chi connectivity index (χ0v) is 27.4. The van der Waals surface area contributed by atoms with Crippen molar-refractivity contribution in [2.45, 2.75) is 210 Å². The van der Waals surface area contributed by atoms with Crippen LogP contribution in [0.3, 0.4) is 0 Å². The Hall–Kier alpha value is -0.950. The van der Waals surface area contributed by atoms with E-state index in [2.05, 4.69) is 6.58 Å². The number of hydrogen-bond donors (Lipinski definition) is 0. The summed E-state index contributed by atoms with van der Waals surface area (Å²) < 4.78 is 33.6. The predicted octanol–water partition coefficient (Wildman–Crippen LogP) is 9.87. The molecule has 0 aromatic rings. The Bertz CT molecular complexity index is 708. The average Bonchev–Trinajstić information content (AvgIpc) is 3.86. The molecule has 0 spiro atoms. The van der Waals surface area contributed by atoms with Gasteiger partial charge in [-0.25, -0.2) is 4.79 Å². The Kier molecular flexibility index (Phi) is 16.4. The van der Waals surface area contributed by atoms with Crippen LogP contribution in [0.4, 0.5) is 0 Å². The van der Waals surface area contributed by atoms with Crippen molar-refractivity contribution in [2.24, 2.45) is 0 Å². The predicted molar refractivity (Wildman–Crippen MR) is 172 cm³/mol. The molecule has 0 radical (unpaired) electrons. The normalized spacial score (nSPS) is 26.6. The monoisotopic (exact) mass is 604 g/mol. The van der Waals surface area contributed by atoms with Gasteiger partial charge in [0, 0.05) is 6.08 Å². The third kappa shape index (κ3) is 13.1. The summed E-state index contributed by atoms with van der Waals surface area (Å²) >= 11 is 0. The fraction of sp³-hybridized carbons (Fsp3) is 0.919. The van der Waals surface area contributed by atoms with Gasteiger partial charge >= 0.3 is 11.9 Å². The van der Waals surface area contributed by atoms with Gasteiger partial charge in [-0.1, -0.05) is 141 Å². The van der Waals surface area contributed by atoms with Crippen LogP contribution in [0.1, 0.15) is 173 Å². The summed E-state index contributed by atoms with van der Waals surface area (Å²) in [6, 6.07) is 0. The number of hydrogen-bond acceptors (Lipinski definition) is 6. The van der Waals surface area contributed by atoms with Gasteiger partial charge < -0.3 is 23.7 Å². The Labute approximate surface area is 263 Å². The van der Waals surface area contributed by atoms with Gasteiger partial charge in [-0.3, -0.25) is 0 Å². The number of rotatable bonds is 10. The number of ether oxygens (including phenoxy) is 5. The van der Waals surface area contributed by atoms with E-state index in [1.54, 1.807) is 0 Å². The lowest BCUT2D eigenvalue weighted by atomic mass is 9.98. The summed E-state index contributed by atoms with van der Waals surface area (Å²) in [7, 11) is 0. The summed E-state index contributed by atoms with van der Waals surface area (Å²) in [4.78, 5) is 13.2. The second-order valence-corrected chi connectivity index (χ2v) is 13.9. The molecule has 0 bridgehead atoms. The minimum Gasteiger partial charge on any atom is -0.402 e. The lowest BCUT2D eigenvalue weighted by Crippen LogP contribution is -2.58. The number of carbonyl (C=O) groups is 1. The highest BCUT2D eigenvalue weighted by molar-refractivity contribution is 5.81. The van der Waals surface area contributed by atoms with E-state index in [0.717, 1.165) is 77.0 Å². The maximum atomic E-state index is 13.2. The summed E-state index contributed by atoms with van der Waals surface area (Å²) in [5, 5.41) is 0. The standard InChI is InChI=1S/C37H64O6/c1-2-35(38)43-37(41-32-26-20-14-8-4-9-15-21-27-32,42-33-28-22-16-10-5-11-17-23-29-33)36(34-30-39-34)40-31-24-18-12-6-3-7-13-19-25-31/h2,31-34,36H,1,3-30H2. The minimum absolute atomic E-state index is 0.0517. The Morgan fingerprint density at radius 1 is 0.581 bits per heavy atom. The Morgan fingerprint density at radius 3 is 1.23 bits per heavy atom. The molecule has 0 N–H and O–H groups in total. The van der Waals surface area contributed by atoms with Gasteiger partial charge in [-0.2, -0.15) is 0 Å². The highest BCUT2D eigenvalue weighted by Crippen LogP contribution is 2.39. The molecule has 1 heterocycles. The van der Waals surface area contributed by atoms with Crippen LogP contribution >= 0.6 is 0 Å². The van der Waals surface area contributed by atoms with E-state index in [0.29, 0.717) is 6.61 Å². The van der Waals surface area contributed by atoms with E-state index in [4.69, 9.17) is 23.7 Å². The molecular weight excluding hydrogens is 540 g/mol. The molecule has 6 heteroatoms. The third-order valence-corrected chi connectivity index (χ3v) is 10.1. The molecular formula is C37H64O6. The van der Waals surface area contributed by atoms with Gasteiger partial charge in [0.1, 0.15) is 6.10 Å². The van der Waals surface area contributed by atoms with Crippen LogP contribution in [0.15, 0.2) is 12.7 Å². The molecule has 0 amide bonds. The highest BCUT2D eigenvalue weighted by Gasteiger charge is 2.57.